The van der Waals surface area contributed by atoms with Crippen molar-refractivity contribution >= 4 is 29.6 Å². The Morgan fingerprint density at radius 1 is 0.914 bits per heavy atom. The molecule has 0 spiro atoms. The van der Waals surface area contributed by atoms with Gasteiger partial charge in [0, 0.05) is 6.42 Å². The Balaban J connectivity index is 3.05. The molecular formula is C22H33N5O8. The second-order valence-electron chi connectivity index (χ2n) is 8.16. The van der Waals surface area contributed by atoms with Crippen LogP contribution in [0.4, 0.5) is 0 Å². The first-order valence-corrected chi connectivity index (χ1v) is 11.0. The lowest BCUT2D eigenvalue weighted by Gasteiger charge is -2.25. The number of nitrogens with two attached hydrogens (primary N) is 2. The van der Waals surface area contributed by atoms with Gasteiger partial charge in [-0.3, -0.25) is 19.2 Å². The summed E-state index contributed by atoms with van der Waals surface area (Å²) < 4.78 is 0. The first-order chi connectivity index (χ1) is 16.4. The molecule has 0 aliphatic carbocycles. The van der Waals surface area contributed by atoms with E-state index in [-0.39, 0.29) is 18.1 Å². The number of hydrogen-bond acceptors (Lipinski definition) is 8. The van der Waals surface area contributed by atoms with Gasteiger partial charge in [-0.2, -0.15) is 0 Å². The van der Waals surface area contributed by atoms with Crippen LogP contribution in [0.5, 0.6) is 5.75 Å². The van der Waals surface area contributed by atoms with Crippen LogP contribution in [-0.4, -0.2) is 75.7 Å². The highest BCUT2D eigenvalue weighted by molar-refractivity contribution is 5.95. The van der Waals surface area contributed by atoms with E-state index < -0.39 is 66.8 Å². The molecule has 0 saturated heterocycles. The molecule has 0 aliphatic heterocycles. The fraction of sp³-hybridized carbons (Fsp3) is 0.500. The second-order valence-corrected chi connectivity index (χ2v) is 8.16. The lowest BCUT2D eigenvalue weighted by molar-refractivity contribution is -0.144. The van der Waals surface area contributed by atoms with Crippen LogP contribution in [-0.2, 0) is 30.4 Å². The number of phenolic OH excluding ortho intramolecular Hbond substituents is 1. The van der Waals surface area contributed by atoms with Gasteiger partial charge in [-0.25, -0.2) is 4.79 Å². The number of benzene rings is 1. The number of aliphatic hydroxyl groups excluding tert-OH is 1. The Morgan fingerprint density at radius 2 is 1.43 bits per heavy atom. The molecule has 0 heterocycles. The molecular weight excluding hydrogens is 462 g/mol. The Morgan fingerprint density at radius 3 is 1.91 bits per heavy atom. The monoisotopic (exact) mass is 495 g/mol. The van der Waals surface area contributed by atoms with E-state index in [9.17, 15) is 34.2 Å². The topological polar surface area (TPSA) is 234 Å². The zero-order valence-electron chi connectivity index (χ0n) is 19.6. The van der Waals surface area contributed by atoms with Crippen LogP contribution >= 0.6 is 0 Å². The van der Waals surface area contributed by atoms with Gasteiger partial charge < -0.3 is 42.7 Å². The Hall–Kier alpha value is -3.71. The van der Waals surface area contributed by atoms with E-state index in [1.807, 2.05) is 12.2 Å². The van der Waals surface area contributed by atoms with Crippen molar-refractivity contribution < 1.29 is 39.3 Å². The highest BCUT2D eigenvalue weighted by atomic mass is 16.4. The molecule has 1 aromatic carbocycles. The van der Waals surface area contributed by atoms with Crippen molar-refractivity contribution in [2.75, 3.05) is 6.61 Å². The molecule has 13 heteroatoms. The summed E-state index contributed by atoms with van der Waals surface area (Å²) in [6.45, 7) is 2.73. The van der Waals surface area contributed by atoms with E-state index in [0.717, 1.165) is 0 Å². The Bertz CT molecular complexity index is 908. The molecule has 5 atom stereocenters. The Labute approximate surface area is 202 Å². The third-order valence-electron chi connectivity index (χ3n) is 5.40. The maximum atomic E-state index is 13.0. The SMILES string of the molecule is CCC(C)C(N)C(=O)NC(Cc1ccc(O)cc1)C(=O)NC(CO)C(=O)NC(CC(N)=O)C(=O)O. The summed E-state index contributed by atoms with van der Waals surface area (Å²) in [5, 5.41) is 35.1. The van der Waals surface area contributed by atoms with Crippen LogP contribution in [0.15, 0.2) is 24.3 Å². The molecule has 0 fully saturated rings. The molecule has 5 unspecified atom stereocenters. The summed E-state index contributed by atoms with van der Waals surface area (Å²) in [4.78, 5) is 60.4. The van der Waals surface area contributed by atoms with Crippen LogP contribution in [0.1, 0.15) is 32.3 Å². The zero-order chi connectivity index (χ0) is 26.7. The molecule has 194 valence electrons. The number of phenols is 1. The van der Waals surface area contributed by atoms with Crippen LogP contribution in [0.25, 0.3) is 0 Å². The van der Waals surface area contributed by atoms with E-state index >= 15 is 0 Å². The van der Waals surface area contributed by atoms with Crippen LogP contribution in [0, 0.1) is 5.92 Å². The minimum atomic E-state index is -1.66. The number of nitrogens with one attached hydrogen (secondary N) is 3. The number of carboxylic acids is 1. The number of carboxylic acid groups (broad SMARTS) is 1. The summed E-state index contributed by atoms with van der Waals surface area (Å²) in [6, 6.07) is 0.494. The standard InChI is InChI=1S/C22H33N5O8/c1-3-11(2)18(24)21(33)25-14(8-12-4-6-13(29)7-5-12)19(31)27-16(10-28)20(32)26-15(22(34)35)9-17(23)30/h4-7,11,14-16,18,28-29H,3,8-10,24H2,1-2H3,(H2,23,30)(H,25,33)(H,26,32)(H,27,31)(H,34,35). The van der Waals surface area contributed by atoms with Crippen molar-refractivity contribution in [2.24, 2.45) is 17.4 Å². The van der Waals surface area contributed by atoms with Crippen molar-refractivity contribution in [1.29, 1.82) is 0 Å². The van der Waals surface area contributed by atoms with Crippen LogP contribution in [0.3, 0.4) is 0 Å². The van der Waals surface area contributed by atoms with Gasteiger partial charge in [-0.05, 0) is 23.6 Å². The third kappa shape index (κ3) is 9.59. The van der Waals surface area contributed by atoms with E-state index in [1.54, 1.807) is 6.92 Å². The molecule has 0 aromatic heterocycles. The van der Waals surface area contributed by atoms with Gasteiger partial charge in [0.2, 0.25) is 23.6 Å². The quantitative estimate of drug-likeness (QED) is 0.138. The Kier molecular flexibility index (Phi) is 11.6. The number of aromatic hydroxyl groups is 1. The average Bonchev–Trinajstić information content (AvgIpc) is 2.81. The maximum absolute atomic E-state index is 13.0. The fourth-order valence-electron chi connectivity index (χ4n) is 3.00. The summed E-state index contributed by atoms with van der Waals surface area (Å²) in [5.41, 5.74) is 11.5. The molecule has 0 radical (unpaired) electrons. The summed E-state index contributed by atoms with van der Waals surface area (Å²) in [5.74, 6) is -5.21. The minimum Gasteiger partial charge on any atom is -0.508 e. The van der Waals surface area contributed by atoms with Crippen molar-refractivity contribution in [3.8, 4) is 5.75 Å². The average molecular weight is 496 g/mol. The summed E-state index contributed by atoms with van der Waals surface area (Å²) in [6.07, 6.45) is -0.114. The molecule has 0 aliphatic rings. The second kappa shape index (κ2) is 13.9. The molecule has 10 N–H and O–H groups in total. The van der Waals surface area contributed by atoms with Crippen molar-refractivity contribution in [1.82, 2.24) is 16.0 Å². The lowest BCUT2D eigenvalue weighted by Crippen LogP contribution is -2.59. The molecule has 1 aromatic rings. The number of aliphatic hydroxyl groups is 1. The third-order valence-corrected chi connectivity index (χ3v) is 5.40. The van der Waals surface area contributed by atoms with E-state index in [1.165, 1.54) is 24.3 Å². The van der Waals surface area contributed by atoms with Gasteiger partial charge in [-0.1, -0.05) is 32.4 Å². The number of hydrogen-bond donors (Lipinski definition) is 8. The smallest absolute Gasteiger partial charge is 0.326 e. The van der Waals surface area contributed by atoms with Gasteiger partial charge in [-0.15, -0.1) is 0 Å². The molecule has 0 bridgehead atoms. The zero-order valence-corrected chi connectivity index (χ0v) is 19.6. The number of carbonyl (C=O) groups is 5. The normalized spacial score (nSPS) is 15.1. The lowest BCUT2D eigenvalue weighted by atomic mass is 9.98. The highest BCUT2D eigenvalue weighted by Crippen LogP contribution is 2.12. The van der Waals surface area contributed by atoms with E-state index in [0.29, 0.717) is 12.0 Å². The van der Waals surface area contributed by atoms with Crippen molar-refractivity contribution in [2.45, 2.75) is 57.3 Å². The molecule has 13 nitrogen and oxygen atoms in total. The number of amides is 4. The first-order valence-electron chi connectivity index (χ1n) is 11.0. The van der Waals surface area contributed by atoms with Gasteiger partial charge in [0.05, 0.1) is 19.1 Å². The van der Waals surface area contributed by atoms with Gasteiger partial charge in [0.25, 0.3) is 0 Å². The van der Waals surface area contributed by atoms with Crippen LogP contribution < -0.4 is 27.4 Å². The fourth-order valence-corrected chi connectivity index (χ4v) is 3.00. The number of carbonyl (C=O) groups excluding carboxylic acids is 4. The largest absolute Gasteiger partial charge is 0.508 e. The molecule has 4 amide bonds. The van der Waals surface area contributed by atoms with Gasteiger partial charge in [0.1, 0.15) is 23.9 Å². The predicted molar refractivity (Wildman–Crippen MR) is 124 cm³/mol. The van der Waals surface area contributed by atoms with Crippen LogP contribution in [0.2, 0.25) is 0 Å². The number of primary amides is 1. The summed E-state index contributed by atoms with van der Waals surface area (Å²) >= 11 is 0. The van der Waals surface area contributed by atoms with E-state index in [2.05, 4.69) is 10.6 Å². The summed E-state index contributed by atoms with van der Waals surface area (Å²) in [7, 11) is 0. The maximum Gasteiger partial charge on any atom is 0.326 e. The highest BCUT2D eigenvalue weighted by Gasteiger charge is 2.31. The predicted octanol–water partition coefficient (Wildman–Crippen LogP) is -2.29. The first kappa shape index (κ1) is 29.3. The van der Waals surface area contributed by atoms with Crippen molar-refractivity contribution in [3.63, 3.8) is 0 Å². The van der Waals surface area contributed by atoms with Crippen molar-refractivity contribution in [3.05, 3.63) is 29.8 Å². The molecule has 0 saturated carbocycles. The molecule has 35 heavy (non-hydrogen) atoms. The number of aliphatic carboxylic acids is 1. The number of rotatable bonds is 14. The molecule has 1 rings (SSSR count). The van der Waals surface area contributed by atoms with Gasteiger partial charge in [0.15, 0.2) is 0 Å². The van der Waals surface area contributed by atoms with Gasteiger partial charge >= 0.3 is 5.97 Å². The minimum absolute atomic E-state index is 0.00135. The van der Waals surface area contributed by atoms with E-state index in [4.69, 9.17) is 16.6 Å².